The van der Waals surface area contributed by atoms with Crippen molar-refractivity contribution in [1.29, 1.82) is 0 Å². The molecule has 0 spiro atoms. The van der Waals surface area contributed by atoms with Gasteiger partial charge in [0.05, 0.1) is 42.9 Å². The van der Waals surface area contributed by atoms with E-state index in [2.05, 4.69) is 37.5 Å². The van der Waals surface area contributed by atoms with E-state index in [0.29, 0.717) is 41.0 Å². The van der Waals surface area contributed by atoms with E-state index >= 15 is 0 Å². The molecule has 2 aromatic heterocycles. The summed E-state index contributed by atoms with van der Waals surface area (Å²) >= 11 is 1.46. The average molecular weight is 492 g/mol. The SMILES string of the molecule is COc1ccc(-c2nc(NC(=O)c3cc(-c4ccccc4)c(N4CCOCC4)s3)n[nH]2)c(OC)c1. The average Bonchev–Trinajstić information content (AvgIpc) is 3.57. The molecule has 1 fully saturated rings. The first-order valence-electron chi connectivity index (χ1n) is 11.1. The number of hydrogen-bond donors (Lipinski definition) is 2. The Bertz CT molecular complexity index is 1310. The van der Waals surface area contributed by atoms with E-state index < -0.39 is 0 Å². The molecule has 1 aliphatic rings. The van der Waals surface area contributed by atoms with Crippen molar-refractivity contribution in [3.8, 4) is 34.0 Å². The maximum absolute atomic E-state index is 13.2. The second kappa shape index (κ2) is 10.2. The minimum atomic E-state index is -0.265. The fraction of sp³-hybridized carbons (Fsp3) is 0.240. The molecular weight excluding hydrogens is 466 g/mol. The summed E-state index contributed by atoms with van der Waals surface area (Å²) in [5.74, 6) is 1.65. The summed E-state index contributed by atoms with van der Waals surface area (Å²) < 4.78 is 16.2. The lowest BCUT2D eigenvalue weighted by Gasteiger charge is -2.28. The molecule has 0 aliphatic carbocycles. The summed E-state index contributed by atoms with van der Waals surface area (Å²) in [6, 6.07) is 17.4. The number of nitrogens with zero attached hydrogens (tertiary/aromatic N) is 3. The van der Waals surface area contributed by atoms with Crippen LogP contribution in [0.4, 0.5) is 10.9 Å². The topological polar surface area (TPSA) is 102 Å². The molecule has 0 radical (unpaired) electrons. The molecule has 0 saturated carbocycles. The summed E-state index contributed by atoms with van der Waals surface area (Å²) in [5, 5.41) is 10.9. The number of nitrogens with one attached hydrogen (secondary N) is 2. The third-order valence-corrected chi connectivity index (χ3v) is 6.89. The maximum atomic E-state index is 13.2. The summed E-state index contributed by atoms with van der Waals surface area (Å²) in [5.41, 5.74) is 2.80. The number of aromatic nitrogens is 3. The molecule has 9 nitrogen and oxygen atoms in total. The third-order valence-electron chi connectivity index (χ3n) is 5.69. The Morgan fingerprint density at radius 1 is 1.06 bits per heavy atom. The number of aromatic amines is 1. The van der Waals surface area contributed by atoms with Crippen LogP contribution in [0.3, 0.4) is 0 Å². The first-order chi connectivity index (χ1) is 17.2. The number of methoxy groups -OCH3 is 2. The van der Waals surface area contributed by atoms with Crippen molar-refractivity contribution in [2.24, 2.45) is 0 Å². The monoisotopic (exact) mass is 491 g/mol. The Morgan fingerprint density at radius 2 is 1.86 bits per heavy atom. The van der Waals surface area contributed by atoms with E-state index in [1.165, 1.54) is 11.3 Å². The lowest BCUT2D eigenvalue weighted by atomic mass is 10.1. The van der Waals surface area contributed by atoms with Crippen LogP contribution in [0.15, 0.2) is 54.6 Å². The Balaban J connectivity index is 1.40. The van der Waals surface area contributed by atoms with E-state index in [9.17, 15) is 4.79 Å². The molecule has 1 aliphatic heterocycles. The van der Waals surface area contributed by atoms with Crippen LogP contribution in [0.2, 0.25) is 0 Å². The molecule has 1 saturated heterocycles. The van der Waals surface area contributed by atoms with E-state index in [-0.39, 0.29) is 11.9 Å². The number of amides is 1. The molecule has 0 unspecified atom stereocenters. The Morgan fingerprint density at radius 3 is 2.60 bits per heavy atom. The molecule has 35 heavy (non-hydrogen) atoms. The molecule has 0 atom stereocenters. The van der Waals surface area contributed by atoms with E-state index in [4.69, 9.17) is 14.2 Å². The predicted molar refractivity (Wildman–Crippen MR) is 136 cm³/mol. The number of ether oxygens (including phenoxy) is 3. The fourth-order valence-corrected chi connectivity index (χ4v) is 5.04. The fourth-order valence-electron chi connectivity index (χ4n) is 3.91. The van der Waals surface area contributed by atoms with Crippen molar-refractivity contribution in [2.45, 2.75) is 0 Å². The highest BCUT2D eigenvalue weighted by Crippen LogP contribution is 2.39. The van der Waals surface area contributed by atoms with Crippen LogP contribution >= 0.6 is 11.3 Å². The minimum Gasteiger partial charge on any atom is -0.497 e. The zero-order valence-electron chi connectivity index (χ0n) is 19.4. The summed E-state index contributed by atoms with van der Waals surface area (Å²) in [6.45, 7) is 2.91. The summed E-state index contributed by atoms with van der Waals surface area (Å²) in [6.07, 6.45) is 0. The number of H-pyrrole nitrogens is 1. The van der Waals surface area contributed by atoms with Crippen molar-refractivity contribution >= 4 is 28.2 Å². The summed E-state index contributed by atoms with van der Waals surface area (Å²) in [7, 11) is 3.17. The second-order valence-electron chi connectivity index (χ2n) is 7.82. The van der Waals surface area contributed by atoms with Gasteiger partial charge in [0.15, 0.2) is 5.82 Å². The largest absolute Gasteiger partial charge is 0.497 e. The number of carbonyl (C=O) groups is 1. The first-order valence-corrected chi connectivity index (χ1v) is 12.0. The number of rotatable bonds is 7. The van der Waals surface area contributed by atoms with Crippen molar-refractivity contribution in [3.63, 3.8) is 0 Å². The van der Waals surface area contributed by atoms with Gasteiger partial charge >= 0.3 is 0 Å². The van der Waals surface area contributed by atoms with Crippen molar-refractivity contribution in [2.75, 3.05) is 50.7 Å². The lowest BCUT2D eigenvalue weighted by molar-refractivity contribution is 0.102. The van der Waals surface area contributed by atoms with Gasteiger partial charge in [0.1, 0.15) is 11.5 Å². The molecule has 180 valence electrons. The molecule has 1 amide bonds. The van der Waals surface area contributed by atoms with E-state index in [1.54, 1.807) is 20.3 Å². The van der Waals surface area contributed by atoms with Gasteiger partial charge in [-0.15, -0.1) is 16.4 Å². The van der Waals surface area contributed by atoms with Crippen LogP contribution in [0.25, 0.3) is 22.5 Å². The summed E-state index contributed by atoms with van der Waals surface area (Å²) in [4.78, 5) is 20.5. The minimum absolute atomic E-state index is 0.186. The number of carbonyl (C=O) groups excluding carboxylic acids is 1. The Hall–Kier alpha value is -3.89. The predicted octanol–water partition coefficient (Wildman–Crippen LogP) is 4.31. The quantitative estimate of drug-likeness (QED) is 0.397. The molecular formula is C25H25N5O4S. The van der Waals surface area contributed by atoms with Crippen molar-refractivity contribution < 1.29 is 19.0 Å². The molecule has 10 heteroatoms. The molecule has 3 heterocycles. The maximum Gasteiger partial charge on any atom is 0.268 e. The number of morpholine rings is 1. The van der Waals surface area contributed by atoms with Crippen LogP contribution in [0.1, 0.15) is 9.67 Å². The van der Waals surface area contributed by atoms with Crippen LogP contribution < -0.4 is 19.7 Å². The number of thiophene rings is 1. The van der Waals surface area contributed by atoms with Crippen LogP contribution in [0.5, 0.6) is 11.5 Å². The van der Waals surface area contributed by atoms with E-state index in [0.717, 1.165) is 29.2 Å². The standard InChI is InChI=1S/C25H25N5O4S/c1-32-17-8-9-18(20(14-17)33-2)22-26-25(29-28-22)27-23(31)21-15-19(16-6-4-3-5-7-16)24(35-21)30-10-12-34-13-11-30/h3-9,14-15H,10-13H2,1-2H3,(H2,26,27,28,29,31). The van der Waals surface area contributed by atoms with Crippen molar-refractivity contribution in [3.05, 3.63) is 59.5 Å². The lowest BCUT2D eigenvalue weighted by Crippen LogP contribution is -2.35. The third kappa shape index (κ3) is 4.84. The molecule has 0 bridgehead atoms. The molecule has 2 N–H and O–H groups in total. The normalized spacial score (nSPS) is 13.5. The highest BCUT2D eigenvalue weighted by molar-refractivity contribution is 7.18. The molecule has 4 aromatic rings. The molecule has 2 aromatic carbocycles. The van der Waals surface area contributed by atoms with Gasteiger partial charge in [-0.3, -0.25) is 15.2 Å². The second-order valence-corrected chi connectivity index (χ2v) is 8.85. The van der Waals surface area contributed by atoms with Gasteiger partial charge in [-0.25, -0.2) is 0 Å². The van der Waals surface area contributed by atoms with Gasteiger partial charge in [0, 0.05) is 24.7 Å². The van der Waals surface area contributed by atoms with Gasteiger partial charge in [-0.1, -0.05) is 30.3 Å². The highest BCUT2D eigenvalue weighted by atomic mass is 32.1. The number of benzene rings is 2. The smallest absolute Gasteiger partial charge is 0.268 e. The number of anilines is 2. The van der Waals surface area contributed by atoms with Crippen LogP contribution in [-0.4, -0.2) is 61.6 Å². The van der Waals surface area contributed by atoms with Gasteiger partial charge in [0.2, 0.25) is 5.95 Å². The Kier molecular flexibility index (Phi) is 6.64. The molecule has 5 rings (SSSR count). The first kappa shape index (κ1) is 22.9. The van der Waals surface area contributed by atoms with Crippen LogP contribution in [-0.2, 0) is 4.74 Å². The van der Waals surface area contributed by atoms with Gasteiger partial charge in [-0.2, -0.15) is 4.98 Å². The van der Waals surface area contributed by atoms with E-state index in [1.807, 2.05) is 36.4 Å². The van der Waals surface area contributed by atoms with Crippen molar-refractivity contribution in [1.82, 2.24) is 15.2 Å². The van der Waals surface area contributed by atoms with Crippen LogP contribution in [0, 0.1) is 0 Å². The highest BCUT2D eigenvalue weighted by Gasteiger charge is 2.23. The van der Waals surface area contributed by atoms with Gasteiger partial charge in [-0.05, 0) is 23.8 Å². The zero-order chi connectivity index (χ0) is 24.2. The zero-order valence-corrected chi connectivity index (χ0v) is 20.2. The van der Waals surface area contributed by atoms with Gasteiger partial charge < -0.3 is 19.1 Å². The number of hydrogen-bond acceptors (Lipinski definition) is 8. The Labute approximate surface area is 206 Å². The van der Waals surface area contributed by atoms with Gasteiger partial charge in [0.25, 0.3) is 5.91 Å².